The lowest BCUT2D eigenvalue weighted by Crippen LogP contribution is -2.53. The van der Waals surface area contributed by atoms with Crippen molar-refractivity contribution in [3.8, 4) is 0 Å². The standard InChI is InChI=1S/3C16H32N2O2.2C14H27NO2/c3*1-4-18(15-11-16(12-15)20-3)13-14-5-7-17(8-6-14)9-10-19-2;2*1-10(2)15(12-7-14(8-12)17-4)9-11-5-13(6-11)16-3/h3*14-16H,4-13H2,1-3H3;2*10-14H,5-9H2,1-4H3. The highest BCUT2D eigenvalue weighted by molar-refractivity contribution is 4.96. The number of hydrogen-bond donors (Lipinski definition) is 0. The Morgan fingerprint density at radius 1 is 0.287 bits per heavy atom. The smallest absolute Gasteiger partial charge is 0.0601 e. The first-order valence-electron chi connectivity index (χ1n) is 38.6. The number of nitrogens with zero attached hydrogens (tertiary/aromatic N) is 8. The quantitative estimate of drug-likeness (QED) is 0.0592. The molecule has 18 heteroatoms. The van der Waals surface area contributed by atoms with Crippen molar-refractivity contribution in [3.05, 3.63) is 0 Å². The summed E-state index contributed by atoms with van der Waals surface area (Å²) in [5.41, 5.74) is 0. The van der Waals surface area contributed by atoms with Crippen molar-refractivity contribution in [1.82, 2.24) is 39.2 Å². The van der Waals surface area contributed by atoms with Crippen molar-refractivity contribution in [1.29, 1.82) is 0 Å². The minimum atomic E-state index is 0.509. The maximum atomic E-state index is 5.41. The molecular formula is C76H150N8O10. The number of hydrogen-bond acceptors (Lipinski definition) is 18. The molecule has 0 amide bonds. The molecule has 0 N–H and O–H groups in total. The Morgan fingerprint density at radius 3 is 0.691 bits per heavy atom. The van der Waals surface area contributed by atoms with Gasteiger partial charge < -0.3 is 76.8 Å². The molecule has 18 nitrogen and oxygen atoms in total. The molecule has 3 saturated heterocycles. The van der Waals surface area contributed by atoms with Crippen molar-refractivity contribution in [2.45, 2.75) is 262 Å². The Hall–Kier alpha value is -0.720. The third-order valence-corrected chi connectivity index (χ3v) is 24.5. The Labute approximate surface area is 577 Å². The van der Waals surface area contributed by atoms with Crippen molar-refractivity contribution < 1.29 is 47.4 Å². The Kier molecular flexibility index (Phi) is 39.6. The second-order valence-corrected chi connectivity index (χ2v) is 31.0. The van der Waals surface area contributed by atoms with Crippen LogP contribution in [-0.4, -0.2) is 326 Å². The fourth-order valence-corrected chi connectivity index (χ4v) is 16.7. The predicted octanol–water partition coefficient (Wildman–Crippen LogP) is 10.1. The van der Waals surface area contributed by atoms with Crippen LogP contribution in [-0.2, 0) is 47.4 Å². The molecule has 3 heterocycles. The first-order chi connectivity index (χ1) is 45.6. The van der Waals surface area contributed by atoms with Crippen LogP contribution in [0.2, 0.25) is 0 Å². The fraction of sp³-hybridized carbons (Fsp3) is 1.00. The van der Waals surface area contributed by atoms with Gasteiger partial charge in [0.05, 0.1) is 62.5 Å². The van der Waals surface area contributed by atoms with Crippen molar-refractivity contribution in [2.75, 3.05) is 202 Å². The molecule has 0 aromatic rings. The molecule has 554 valence electrons. The van der Waals surface area contributed by atoms with Gasteiger partial charge in [-0.3, -0.25) is 9.80 Å². The molecule has 0 aromatic heterocycles. The van der Waals surface area contributed by atoms with Gasteiger partial charge in [-0.15, -0.1) is 0 Å². The monoisotopic (exact) mass is 1340 g/mol. The van der Waals surface area contributed by atoms with E-state index in [0.717, 1.165) is 99.3 Å². The zero-order chi connectivity index (χ0) is 67.9. The van der Waals surface area contributed by atoms with Gasteiger partial charge in [-0.2, -0.15) is 0 Å². The zero-order valence-electron chi connectivity index (χ0n) is 63.9. The highest BCUT2D eigenvalue weighted by Gasteiger charge is 2.42. The topological polar surface area (TPSA) is 118 Å². The van der Waals surface area contributed by atoms with Crippen LogP contribution in [0.15, 0.2) is 0 Å². The van der Waals surface area contributed by atoms with E-state index in [1.807, 2.05) is 49.8 Å². The second-order valence-electron chi connectivity index (χ2n) is 31.0. The number of ether oxygens (including phenoxy) is 10. The van der Waals surface area contributed by atoms with E-state index in [9.17, 15) is 0 Å². The highest BCUT2D eigenvalue weighted by atomic mass is 16.5. The lowest BCUT2D eigenvalue weighted by molar-refractivity contribution is -0.0624. The molecule has 0 radical (unpaired) electrons. The van der Waals surface area contributed by atoms with Gasteiger partial charge in [0.15, 0.2) is 0 Å². The normalized spacial score (nSPS) is 31.8. The van der Waals surface area contributed by atoms with Gasteiger partial charge in [0, 0.05) is 166 Å². The van der Waals surface area contributed by atoms with Crippen molar-refractivity contribution in [3.63, 3.8) is 0 Å². The summed E-state index contributed by atoms with van der Waals surface area (Å²) >= 11 is 0. The van der Waals surface area contributed by atoms with Gasteiger partial charge in [0.25, 0.3) is 0 Å². The summed E-state index contributed by atoms with van der Waals surface area (Å²) in [5.74, 6) is 4.36. The van der Waals surface area contributed by atoms with E-state index in [1.165, 1.54) is 220 Å². The molecule has 10 aliphatic rings. The Morgan fingerprint density at radius 2 is 0.500 bits per heavy atom. The first-order valence-corrected chi connectivity index (χ1v) is 38.6. The molecule has 0 bridgehead atoms. The number of piperidine rings is 3. The van der Waals surface area contributed by atoms with Crippen LogP contribution in [0.4, 0.5) is 0 Å². The van der Waals surface area contributed by atoms with Crippen LogP contribution < -0.4 is 0 Å². The molecule has 7 aliphatic carbocycles. The van der Waals surface area contributed by atoms with Gasteiger partial charge in [0.2, 0.25) is 0 Å². The second kappa shape index (κ2) is 45.3. The predicted molar refractivity (Wildman–Crippen MR) is 385 cm³/mol. The lowest BCUT2D eigenvalue weighted by Gasteiger charge is -2.47. The van der Waals surface area contributed by atoms with Crippen molar-refractivity contribution >= 4 is 0 Å². The SMILES string of the molecule is CCN(CC1CCN(CCOC)CC1)C1CC(OC)C1.CCN(CC1CCN(CCOC)CC1)C1CC(OC)C1.CCN(CC1CCN(CCOC)CC1)C1CC(OC)C1.COC1CC(CN(C(C)C)C2CC(OC)C2)C1.COC1CC(CN(C(C)C)C2CC(OC)C2)C1. The summed E-state index contributed by atoms with van der Waals surface area (Å²) in [5, 5.41) is 0. The highest BCUT2D eigenvalue weighted by Crippen LogP contribution is 2.38. The fourth-order valence-electron chi connectivity index (χ4n) is 16.7. The number of likely N-dealkylation sites (tertiary alicyclic amines) is 3. The molecule has 3 aliphatic heterocycles. The summed E-state index contributed by atoms with van der Waals surface area (Å²) in [6.07, 6.45) is 29.0. The summed E-state index contributed by atoms with van der Waals surface area (Å²) in [6.45, 7) is 39.4. The number of methoxy groups -OCH3 is 10. The minimum absolute atomic E-state index is 0.509. The molecule has 10 rings (SSSR count). The molecular weight excluding hydrogens is 1180 g/mol. The average Bonchev–Trinajstić information content (AvgIpc) is 0.942. The minimum Gasteiger partial charge on any atom is -0.383 e. The molecule has 10 fully saturated rings. The van der Waals surface area contributed by atoms with Crippen LogP contribution in [0.25, 0.3) is 0 Å². The van der Waals surface area contributed by atoms with Gasteiger partial charge in [-0.25, -0.2) is 0 Å². The third-order valence-electron chi connectivity index (χ3n) is 24.5. The van der Waals surface area contributed by atoms with Crippen LogP contribution in [0.3, 0.4) is 0 Å². The van der Waals surface area contributed by atoms with Gasteiger partial charge in [0.1, 0.15) is 0 Å². The molecule has 0 spiro atoms. The van der Waals surface area contributed by atoms with E-state index in [-0.39, 0.29) is 0 Å². The van der Waals surface area contributed by atoms with E-state index in [4.69, 9.17) is 47.4 Å². The molecule has 94 heavy (non-hydrogen) atoms. The largest absolute Gasteiger partial charge is 0.383 e. The molecule has 0 unspecified atom stereocenters. The van der Waals surface area contributed by atoms with Crippen LogP contribution in [0.1, 0.15) is 177 Å². The van der Waals surface area contributed by atoms with E-state index < -0.39 is 0 Å². The van der Waals surface area contributed by atoms with E-state index in [1.54, 1.807) is 21.3 Å². The van der Waals surface area contributed by atoms with Crippen LogP contribution in [0.5, 0.6) is 0 Å². The lowest BCUT2D eigenvalue weighted by atomic mass is 9.80. The summed E-state index contributed by atoms with van der Waals surface area (Å²) < 4.78 is 53.2. The van der Waals surface area contributed by atoms with Crippen LogP contribution >= 0.6 is 0 Å². The Balaban J connectivity index is 0.000000187. The van der Waals surface area contributed by atoms with Gasteiger partial charge >= 0.3 is 0 Å². The van der Waals surface area contributed by atoms with Crippen LogP contribution in [0, 0.1) is 29.6 Å². The zero-order valence-corrected chi connectivity index (χ0v) is 63.9. The van der Waals surface area contributed by atoms with Crippen molar-refractivity contribution in [2.24, 2.45) is 29.6 Å². The van der Waals surface area contributed by atoms with E-state index >= 15 is 0 Å². The first kappa shape index (κ1) is 82.2. The maximum Gasteiger partial charge on any atom is 0.0601 e. The summed E-state index contributed by atoms with van der Waals surface area (Å²) in [6, 6.07) is 5.13. The molecule has 0 aromatic carbocycles. The van der Waals surface area contributed by atoms with Gasteiger partial charge in [-0.1, -0.05) is 20.8 Å². The van der Waals surface area contributed by atoms with Gasteiger partial charge in [-0.05, 0) is 245 Å². The summed E-state index contributed by atoms with van der Waals surface area (Å²) in [4.78, 5) is 21.0. The van der Waals surface area contributed by atoms with E-state index in [2.05, 4.69) is 87.7 Å². The molecule has 0 atom stereocenters. The maximum absolute atomic E-state index is 5.41. The Bertz CT molecular complexity index is 1680. The summed E-state index contributed by atoms with van der Waals surface area (Å²) in [7, 11) is 18.2. The number of rotatable bonds is 36. The van der Waals surface area contributed by atoms with E-state index in [0.29, 0.717) is 54.8 Å². The molecule has 7 saturated carbocycles. The average molecular weight is 1340 g/mol. The third kappa shape index (κ3) is 27.2.